The van der Waals surface area contributed by atoms with E-state index in [2.05, 4.69) is 87.6 Å². The molecule has 0 aromatic carbocycles. The number of aliphatic hydroxyl groups excluding tert-OH is 11. The van der Waals surface area contributed by atoms with Gasteiger partial charge in [-0.05, 0) is 104 Å². The number of phosphoric acid groups is 1. The monoisotopic (exact) mass is 1460 g/mol. The molecular weight excluding hydrogens is 1340 g/mol. The maximum atomic E-state index is 12.4. The highest BCUT2D eigenvalue weighted by molar-refractivity contribution is 7.47. The van der Waals surface area contributed by atoms with Crippen LogP contribution < -0.4 is 0 Å². The summed E-state index contributed by atoms with van der Waals surface area (Å²) >= 11 is 0. The Balaban J connectivity index is 0.891. The Kier molecular flexibility index (Phi) is 29.3. The van der Waals surface area contributed by atoms with Crippen molar-refractivity contribution in [1.29, 1.82) is 0 Å². The van der Waals surface area contributed by atoms with E-state index >= 15 is 0 Å². The first kappa shape index (κ1) is 83.2. The zero-order valence-corrected chi connectivity index (χ0v) is 62.4. The summed E-state index contributed by atoms with van der Waals surface area (Å²) in [5, 5.41) is 123. The lowest BCUT2D eigenvalue weighted by Gasteiger charge is -2.53. The molecule has 0 bridgehead atoms. The van der Waals surface area contributed by atoms with E-state index in [9.17, 15) is 65.6 Å². The molecule has 12 N–H and O–H groups in total. The minimum Gasteiger partial charge on any atom is -0.394 e. The second-order valence-electron chi connectivity index (χ2n) is 31.9. The van der Waals surface area contributed by atoms with Crippen LogP contribution in [0.2, 0.25) is 0 Å². The molecule has 100 heavy (non-hydrogen) atoms. The van der Waals surface area contributed by atoms with Gasteiger partial charge < -0.3 is 127 Å². The normalized spacial score (nSPS) is 53.6. The van der Waals surface area contributed by atoms with Crippen LogP contribution in [0.25, 0.3) is 0 Å². The fourth-order valence-electron chi connectivity index (χ4n) is 17.2. The van der Waals surface area contributed by atoms with Gasteiger partial charge in [0.1, 0.15) is 79.4 Å². The smallest absolute Gasteiger partial charge is 0.394 e. The average molecular weight is 1460 g/mol. The number of ether oxygens (including phenoxy) is 14. The minimum atomic E-state index is -4.68. The highest BCUT2D eigenvalue weighted by Crippen LogP contribution is 2.50. The Morgan fingerprint density at radius 1 is 0.340 bits per heavy atom. The van der Waals surface area contributed by atoms with Gasteiger partial charge in [0.05, 0.1) is 99.7 Å². The summed E-state index contributed by atoms with van der Waals surface area (Å²) in [5.41, 5.74) is 0. The number of methoxy groups -OCH3 is 1. The zero-order chi connectivity index (χ0) is 73.6. The van der Waals surface area contributed by atoms with Gasteiger partial charge >= 0.3 is 7.82 Å². The van der Waals surface area contributed by atoms with E-state index in [1.165, 1.54) is 7.11 Å². The first-order chi connectivity index (χ1) is 47.0. The van der Waals surface area contributed by atoms with Gasteiger partial charge in [-0.25, -0.2) is 4.57 Å². The molecule has 45 atom stereocenters. The van der Waals surface area contributed by atoms with Gasteiger partial charge in [-0.15, -0.1) is 0 Å². The number of rotatable bonds is 24. The summed E-state index contributed by atoms with van der Waals surface area (Å²) in [5.74, 6) is 0.214. The van der Waals surface area contributed by atoms with Crippen molar-refractivity contribution in [2.75, 3.05) is 40.6 Å². The van der Waals surface area contributed by atoms with Crippen molar-refractivity contribution in [3.8, 4) is 0 Å². The second-order valence-corrected chi connectivity index (χ2v) is 33.5. The third-order valence-corrected chi connectivity index (χ3v) is 26.5. The first-order valence-electron chi connectivity index (χ1n) is 36.9. The topological polar surface area (TPSA) is 408 Å². The molecule has 9 fully saturated rings. The molecule has 0 radical (unpaired) electrons. The van der Waals surface area contributed by atoms with Crippen LogP contribution in [0.1, 0.15) is 136 Å². The SMILES string of the molecule is COCC1O[C@H](OC2[C@@H](O)C(C)O[C@@H](O[C@@H]3C(O)[C@H](OCC4O[C@H](OC5[C@H](OC6[C@H](OC7[C@H](OC8[C@H](OCC9O[C@H](OP(=O)(O)OC)C(O)[C@@H](O)[C@H]9O)CC(C)[C@H](C)[C@H]8C)CC(C)[C@H](C)[C@H]7C)CC(C)[C@H](C)[C@H]6C)CC(C)[C@H](C)[C@H]5C)C(C)[C@@H](O)[C@@H]4O)OC(CO)[C@H]3O)[C@H]2C)C(O)C[C@H]1O. The van der Waals surface area contributed by atoms with Gasteiger partial charge in [0.2, 0.25) is 0 Å². The Morgan fingerprint density at radius 2 is 0.760 bits per heavy atom. The number of phosphoric ester groups is 1. The Morgan fingerprint density at radius 3 is 1.26 bits per heavy atom. The van der Waals surface area contributed by atoms with Crippen LogP contribution in [0.4, 0.5) is 0 Å². The molecule has 29 nitrogen and oxygen atoms in total. The van der Waals surface area contributed by atoms with Crippen LogP contribution in [0.15, 0.2) is 0 Å². The molecule has 5 aliphatic heterocycles. The summed E-state index contributed by atoms with van der Waals surface area (Å²) in [6.45, 7) is 30.0. The zero-order valence-electron chi connectivity index (χ0n) is 61.5. The Hall–Kier alpha value is -0.890. The van der Waals surface area contributed by atoms with E-state index in [0.29, 0.717) is 25.7 Å². The summed E-state index contributed by atoms with van der Waals surface area (Å²) < 4.78 is 113. The fourth-order valence-corrected chi connectivity index (χ4v) is 17.7. The highest BCUT2D eigenvalue weighted by atomic mass is 31.2. The molecular formula is C70H125O29P. The molecule has 0 spiro atoms. The molecule has 4 aliphatic carbocycles. The van der Waals surface area contributed by atoms with Gasteiger partial charge in [0.25, 0.3) is 0 Å². The summed E-state index contributed by atoms with van der Waals surface area (Å²) in [7, 11) is -2.29. The van der Waals surface area contributed by atoms with Crippen molar-refractivity contribution in [2.45, 2.75) is 320 Å². The van der Waals surface area contributed by atoms with Crippen LogP contribution in [0.3, 0.4) is 0 Å². The van der Waals surface area contributed by atoms with Crippen molar-refractivity contribution in [3.05, 3.63) is 0 Å². The standard InChI is InChI=1S/C70H125O29P/c1-27-18-44(86-25-50-55(77)57(79)58(80)70(95-50)99-100(82,83)85-17)60(35(9)31(27)5)89-45-19-28(2)32(6)36(10)61(45)90-46-20-29(3)33(7)37(11)62(46)91-47-21-30(4)34(8)38(12)63(47)96-66-39(13)52(74)54(76)51(94-66)26-87-69-59(81)65(56(78)48(23-71)92-69)98-67-40(14)64(53(75)41(15)88-67)97-68-43(73)22-42(72)49(93-68)24-84-16/h27-81H,18-26H2,1-17H3,(H,82,83)/t27?,28?,29?,30?,31-,32-,33-,34-,35+,36+,37+,38+,39?,40-,41?,42+,43?,44+,45+,46+,47+,48?,49?,50?,51?,52+,53-,54+,55-,56+,57-,58?,59?,60?,61?,62?,63?,64?,65-,66+,67-,68+,69+,70+/m0/s1. The lowest BCUT2D eigenvalue weighted by atomic mass is 9.69. The molecule has 0 amide bonds. The van der Waals surface area contributed by atoms with Crippen LogP contribution in [-0.4, -0.2) is 286 Å². The summed E-state index contributed by atoms with van der Waals surface area (Å²) in [6.07, 6.45) is -31.4. The van der Waals surface area contributed by atoms with Crippen molar-refractivity contribution >= 4 is 7.82 Å². The van der Waals surface area contributed by atoms with Crippen LogP contribution >= 0.6 is 7.82 Å². The third-order valence-electron chi connectivity index (χ3n) is 25.6. The first-order valence-corrected chi connectivity index (χ1v) is 38.4. The number of hydrogen-bond acceptors (Lipinski definition) is 28. The Labute approximate surface area is 590 Å². The van der Waals surface area contributed by atoms with Gasteiger partial charge in [0, 0.05) is 32.5 Å². The molecule has 584 valence electrons. The molecule has 19 unspecified atom stereocenters. The molecule has 5 heterocycles. The lowest BCUT2D eigenvalue weighted by Crippen LogP contribution is -2.64. The van der Waals surface area contributed by atoms with Crippen LogP contribution in [0, 0.1) is 82.9 Å². The van der Waals surface area contributed by atoms with Crippen molar-refractivity contribution < 1.29 is 141 Å². The van der Waals surface area contributed by atoms with Crippen molar-refractivity contribution in [3.63, 3.8) is 0 Å². The van der Waals surface area contributed by atoms with E-state index in [0.717, 1.165) is 7.11 Å². The number of aliphatic hydroxyl groups is 11. The van der Waals surface area contributed by atoms with Gasteiger partial charge in [-0.1, -0.05) is 96.9 Å². The molecule has 4 saturated carbocycles. The number of hydrogen-bond donors (Lipinski definition) is 12. The molecule has 30 heteroatoms. The Bertz CT molecular complexity index is 2550. The van der Waals surface area contributed by atoms with E-state index in [-0.39, 0.29) is 109 Å². The van der Waals surface area contributed by atoms with E-state index in [1.54, 1.807) is 20.8 Å². The summed E-state index contributed by atoms with van der Waals surface area (Å²) in [6, 6.07) is 0. The van der Waals surface area contributed by atoms with E-state index < -0.39 is 199 Å². The molecule has 5 saturated heterocycles. The van der Waals surface area contributed by atoms with Crippen molar-refractivity contribution in [2.24, 2.45) is 82.9 Å². The van der Waals surface area contributed by atoms with Crippen LogP contribution in [-0.2, 0) is 79.9 Å². The lowest BCUT2D eigenvalue weighted by molar-refractivity contribution is -0.370. The molecule has 0 aromatic rings. The predicted molar refractivity (Wildman–Crippen MR) is 354 cm³/mol. The van der Waals surface area contributed by atoms with Gasteiger partial charge in [0.15, 0.2) is 31.5 Å². The predicted octanol–water partition coefficient (Wildman–Crippen LogP) is 2.37. The van der Waals surface area contributed by atoms with E-state index in [1.807, 2.05) is 0 Å². The fraction of sp³-hybridized carbons (Fsp3) is 1.00. The maximum absolute atomic E-state index is 12.4. The van der Waals surface area contributed by atoms with E-state index in [4.69, 9.17) is 70.8 Å². The molecule has 9 rings (SSSR count). The van der Waals surface area contributed by atoms with Gasteiger partial charge in [-0.3, -0.25) is 9.05 Å². The van der Waals surface area contributed by atoms with Crippen molar-refractivity contribution in [1.82, 2.24) is 0 Å². The maximum Gasteiger partial charge on any atom is 0.474 e. The largest absolute Gasteiger partial charge is 0.474 e. The summed E-state index contributed by atoms with van der Waals surface area (Å²) in [4.78, 5) is 10.1. The van der Waals surface area contributed by atoms with Crippen LogP contribution in [0.5, 0.6) is 0 Å². The molecule has 0 aromatic heterocycles. The van der Waals surface area contributed by atoms with Gasteiger partial charge in [-0.2, -0.15) is 0 Å². The second kappa shape index (κ2) is 35.2. The molecule has 9 aliphatic rings. The third kappa shape index (κ3) is 18.2. The highest BCUT2D eigenvalue weighted by Gasteiger charge is 2.57. The minimum absolute atomic E-state index is 0.00662. The quantitative estimate of drug-likeness (QED) is 0.0617. The average Bonchev–Trinajstić information content (AvgIpc) is 0.776.